The number of benzene rings is 2. The van der Waals surface area contributed by atoms with Crippen LogP contribution in [0.4, 0.5) is 0 Å². The van der Waals surface area contributed by atoms with E-state index in [9.17, 15) is 14.4 Å². The molecule has 3 aliphatic rings. The largest absolute Gasteiger partial charge is 0.348 e. The van der Waals surface area contributed by atoms with Crippen LogP contribution in [0.3, 0.4) is 0 Å². The second-order valence-electron chi connectivity index (χ2n) is 11.0. The van der Waals surface area contributed by atoms with Crippen molar-refractivity contribution in [3.05, 3.63) is 71.3 Å². The molecule has 5 rings (SSSR count). The van der Waals surface area contributed by atoms with Crippen molar-refractivity contribution in [3.63, 3.8) is 0 Å². The number of piperazine rings is 1. The summed E-state index contributed by atoms with van der Waals surface area (Å²) in [5, 5.41) is 6.57. The minimum absolute atomic E-state index is 0.000733. The van der Waals surface area contributed by atoms with Gasteiger partial charge in [-0.3, -0.25) is 14.4 Å². The van der Waals surface area contributed by atoms with E-state index in [-0.39, 0.29) is 48.4 Å². The Morgan fingerprint density at radius 3 is 2.61 bits per heavy atom. The predicted octanol–water partition coefficient (Wildman–Crippen LogP) is 1.93. The standard InChI is InChI=1S/C30H39N5O3/c1-20(31)24-12-7-13-26(32-24)29(37)35-17-16-34(30(38)27(35)18-21-8-3-2-4-9-21)19-28(36)33-25-15-14-22-10-5-6-11-23(22)25/h2-6,8-11,20,24-27,32H,7,12-19,31H2,1H3,(H,33,36)/t20?,24?,25-,26?,27+/m1/s1. The zero-order valence-corrected chi connectivity index (χ0v) is 22.1. The maximum absolute atomic E-state index is 13.8. The smallest absolute Gasteiger partial charge is 0.246 e. The number of amides is 3. The molecule has 4 N–H and O–H groups in total. The molecule has 5 atom stereocenters. The van der Waals surface area contributed by atoms with E-state index in [2.05, 4.69) is 22.8 Å². The van der Waals surface area contributed by atoms with Crippen molar-refractivity contribution >= 4 is 17.7 Å². The number of rotatable bonds is 7. The van der Waals surface area contributed by atoms with Gasteiger partial charge in [-0.05, 0) is 55.7 Å². The maximum Gasteiger partial charge on any atom is 0.246 e. The van der Waals surface area contributed by atoms with Crippen LogP contribution in [0.2, 0.25) is 0 Å². The molecule has 0 radical (unpaired) electrons. The van der Waals surface area contributed by atoms with Gasteiger partial charge in [0.05, 0.1) is 18.6 Å². The summed E-state index contributed by atoms with van der Waals surface area (Å²) < 4.78 is 0. The van der Waals surface area contributed by atoms with Crippen molar-refractivity contribution in [2.45, 2.75) is 75.7 Å². The number of nitrogens with one attached hydrogen (secondary N) is 2. The Balaban J connectivity index is 1.28. The van der Waals surface area contributed by atoms with E-state index in [4.69, 9.17) is 5.73 Å². The lowest BCUT2D eigenvalue weighted by Gasteiger charge is -2.43. The average Bonchev–Trinajstić information content (AvgIpc) is 3.34. The van der Waals surface area contributed by atoms with Gasteiger partial charge in [-0.15, -0.1) is 0 Å². The number of fused-ring (bicyclic) bond motifs is 1. The van der Waals surface area contributed by atoms with Crippen molar-refractivity contribution in [1.29, 1.82) is 0 Å². The van der Waals surface area contributed by atoms with Crippen LogP contribution >= 0.6 is 0 Å². The number of nitrogens with two attached hydrogens (primary N) is 1. The van der Waals surface area contributed by atoms with Crippen molar-refractivity contribution in [2.75, 3.05) is 19.6 Å². The highest BCUT2D eigenvalue weighted by molar-refractivity contribution is 5.93. The fourth-order valence-electron chi connectivity index (χ4n) is 6.19. The number of piperidine rings is 1. The zero-order valence-electron chi connectivity index (χ0n) is 22.1. The van der Waals surface area contributed by atoms with E-state index in [1.54, 1.807) is 9.80 Å². The molecule has 0 aromatic heterocycles. The van der Waals surface area contributed by atoms with Crippen LogP contribution in [0, 0.1) is 0 Å². The fraction of sp³-hybridized carbons (Fsp3) is 0.500. The monoisotopic (exact) mass is 517 g/mol. The minimum atomic E-state index is -0.642. The molecular formula is C30H39N5O3. The Labute approximate surface area is 224 Å². The van der Waals surface area contributed by atoms with E-state index in [0.717, 1.165) is 43.2 Å². The van der Waals surface area contributed by atoms with E-state index < -0.39 is 6.04 Å². The second-order valence-corrected chi connectivity index (χ2v) is 11.0. The Morgan fingerprint density at radius 2 is 1.82 bits per heavy atom. The molecule has 2 fully saturated rings. The first-order valence-electron chi connectivity index (χ1n) is 13.9. The Kier molecular flexibility index (Phi) is 8.09. The van der Waals surface area contributed by atoms with Crippen molar-refractivity contribution < 1.29 is 14.4 Å². The van der Waals surface area contributed by atoms with Crippen LogP contribution in [-0.2, 0) is 27.2 Å². The summed E-state index contributed by atoms with van der Waals surface area (Å²) in [6.45, 7) is 2.70. The summed E-state index contributed by atoms with van der Waals surface area (Å²) in [5.74, 6) is -0.377. The molecule has 2 heterocycles. The molecule has 0 bridgehead atoms. The molecule has 8 nitrogen and oxygen atoms in total. The number of nitrogens with zero attached hydrogens (tertiary/aromatic N) is 2. The highest BCUT2D eigenvalue weighted by Crippen LogP contribution is 2.30. The average molecular weight is 518 g/mol. The van der Waals surface area contributed by atoms with Gasteiger partial charge >= 0.3 is 0 Å². The summed E-state index contributed by atoms with van der Waals surface area (Å²) in [6.07, 6.45) is 4.84. The molecule has 8 heteroatoms. The lowest BCUT2D eigenvalue weighted by molar-refractivity contribution is -0.154. The third kappa shape index (κ3) is 5.76. The summed E-state index contributed by atoms with van der Waals surface area (Å²) in [4.78, 5) is 43.9. The number of carbonyl (C=O) groups is 3. The predicted molar refractivity (Wildman–Crippen MR) is 146 cm³/mol. The normalized spacial score (nSPS) is 26.1. The van der Waals surface area contributed by atoms with Crippen LogP contribution < -0.4 is 16.4 Å². The van der Waals surface area contributed by atoms with Gasteiger partial charge in [-0.2, -0.15) is 0 Å². The Bertz CT molecular complexity index is 1150. The fourth-order valence-corrected chi connectivity index (χ4v) is 6.19. The van der Waals surface area contributed by atoms with E-state index in [0.29, 0.717) is 19.5 Å². The van der Waals surface area contributed by atoms with Crippen LogP contribution in [-0.4, -0.2) is 71.3 Å². The number of carbonyl (C=O) groups excluding carboxylic acids is 3. The quantitative estimate of drug-likeness (QED) is 0.520. The first-order chi connectivity index (χ1) is 18.4. The molecule has 3 unspecified atom stereocenters. The van der Waals surface area contributed by atoms with Crippen molar-refractivity contribution in [2.24, 2.45) is 5.73 Å². The molecule has 2 saturated heterocycles. The third-order valence-electron chi connectivity index (χ3n) is 8.30. The molecule has 38 heavy (non-hydrogen) atoms. The highest BCUT2D eigenvalue weighted by Gasteiger charge is 2.41. The highest BCUT2D eigenvalue weighted by atomic mass is 16.2. The molecule has 2 aromatic rings. The molecule has 0 saturated carbocycles. The zero-order chi connectivity index (χ0) is 26.6. The van der Waals surface area contributed by atoms with Gasteiger partial charge in [0.2, 0.25) is 17.7 Å². The van der Waals surface area contributed by atoms with Gasteiger partial charge in [-0.25, -0.2) is 0 Å². The first kappa shape index (κ1) is 26.4. The van der Waals surface area contributed by atoms with Gasteiger partial charge in [0.25, 0.3) is 0 Å². The SMILES string of the molecule is CC(N)C1CCCC(C(=O)N2CCN(CC(=O)N[C@@H]3CCc4ccccc43)C(=O)[C@@H]2Cc2ccccc2)N1. The van der Waals surface area contributed by atoms with Crippen LogP contribution in [0.1, 0.15) is 55.3 Å². The molecule has 2 aromatic carbocycles. The summed E-state index contributed by atoms with van der Waals surface area (Å²) in [7, 11) is 0. The molecular weight excluding hydrogens is 478 g/mol. The molecule has 202 valence electrons. The van der Waals surface area contributed by atoms with Gasteiger partial charge in [0.15, 0.2) is 0 Å². The van der Waals surface area contributed by atoms with Crippen LogP contribution in [0.25, 0.3) is 0 Å². The van der Waals surface area contributed by atoms with Gasteiger partial charge in [-0.1, -0.05) is 54.6 Å². The molecule has 0 spiro atoms. The first-order valence-corrected chi connectivity index (χ1v) is 13.9. The van der Waals surface area contributed by atoms with E-state index >= 15 is 0 Å². The van der Waals surface area contributed by atoms with E-state index in [1.807, 2.05) is 49.4 Å². The summed E-state index contributed by atoms with van der Waals surface area (Å²) in [5.41, 5.74) is 9.54. The second kappa shape index (κ2) is 11.7. The van der Waals surface area contributed by atoms with Gasteiger partial charge in [0.1, 0.15) is 6.04 Å². The molecule has 1 aliphatic carbocycles. The van der Waals surface area contributed by atoms with Gasteiger partial charge in [0, 0.05) is 31.6 Å². The Morgan fingerprint density at radius 1 is 1.05 bits per heavy atom. The van der Waals surface area contributed by atoms with Crippen molar-refractivity contribution in [1.82, 2.24) is 20.4 Å². The van der Waals surface area contributed by atoms with Crippen molar-refractivity contribution in [3.8, 4) is 0 Å². The van der Waals surface area contributed by atoms with Gasteiger partial charge < -0.3 is 26.2 Å². The number of hydrogen-bond donors (Lipinski definition) is 3. The Hall–Kier alpha value is -3.23. The summed E-state index contributed by atoms with van der Waals surface area (Å²) >= 11 is 0. The van der Waals surface area contributed by atoms with Crippen LogP contribution in [0.15, 0.2) is 54.6 Å². The van der Waals surface area contributed by atoms with Crippen LogP contribution in [0.5, 0.6) is 0 Å². The molecule has 3 amide bonds. The lowest BCUT2D eigenvalue weighted by atomic mass is 9.93. The maximum atomic E-state index is 13.8. The third-order valence-corrected chi connectivity index (χ3v) is 8.30. The summed E-state index contributed by atoms with van der Waals surface area (Å²) in [6, 6.07) is 17.0. The molecule has 2 aliphatic heterocycles. The van der Waals surface area contributed by atoms with E-state index in [1.165, 1.54) is 5.56 Å². The topological polar surface area (TPSA) is 108 Å². The minimum Gasteiger partial charge on any atom is -0.348 e. The number of aryl methyl sites for hydroxylation is 1. The number of hydrogen-bond acceptors (Lipinski definition) is 5. The lowest BCUT2D eigenvalue weighted by Crippen LogP contribution is -2.65.